The van der Waals surface area contributed by atoms with E-state index < -0.39 is 12.1 Å². The minimum Gasteiger partial charge on any atom is -0.454 e. The molecule has 0 radical (unpaired) electrons. The van der Waals surface area contributed by atoms with E-state index in [1.165, 1.54) is 16.0 Å². The molecule has 1 aliphatic heterocycles. The highest BCUT2D eigenvalue weighted by Crippen LogP contribution is 2.29. The van der Waals surface area contributed by atoms with Crippen LogP contribution in [0.25, 0.3) is 0 Å². The lowest BCUT2D eigenvalue weighted by Gasteiger charge is -2.10. The fourth-order valence-corrected chi connectivity index (χ4v) is 3.63. The summed E-state index contributed by atoms with van der Waals surface area (Å²) < 4.78 is 10.2. The summed E-state index contributed by atoms with van der Waals surface area (Å²) in [7, 11) is 0. The molecule has 1 amide bonds. The average molecular weight is 385 g/mol. The number of esters is 1. The average Bonchev–Trinajstić information content (AvgIpc) is 3.19. The normalized spacial score (nSPS) is 16.1. The Balaban J connectivity index is 1.48. The van der Waals surface area contributed by atoms with Crippen molar-refractivity contribution in [1.29, 1.82) is 0 Å². The Morgan fingerprint density at radius 3 is 2.52 bits per heavy atom. The highest BCUT2D eigenvalue weighted by Gasteiger charge is 2.25. The summed E-state index contributed by atoms with van der Waals surface area (Å²) in [5.74, 6) is -0.835. The maximum Gasteiger partial charge on any atom is 0.335 e. The second-order valence-electron chi connectivity index (χ2n) is 6.53. The van der Waals surface area contributed by atoms with Crippen LogP contribution in [-0.4, -0.2) is 31.2 Å². The molecular formula is C21H23NO4S. The summed E-state index contributed by atoms with van der Waals surface area (Å²) in [6.07, 6.45) is 0.970. The second kappa shape index (κ2) is 9.06. The minimum atomic E-state index is -0.528. The standard InChI is InChI=1S/C21H23NO4S/c1-14-5-8-18(12-15(14)2)27-17-9-6-16(7-10-17)22-20(23)13-26-21(24)19-4-3-11-25-19/h5-10,12,19H,3-4,11,13H2,1-2H3,(H,22,23)/t19-/m0/s1. The van der Waals surface area contributed by atoms with Gasteiger partial charge in [-0.1, -0.05) is 17.8 Å². The fourth-order valence-electron chi connectivity index (χ4n) is 2.71. The lowest BCUT2D eigenvalue weighted by atomic mass is 10.1. The van der Waals surface area contributed by atoms with Crippen LogP contribution in [0.2, 0.25) is 0 Å². The van der Waals surface area contributed by atoms with E-state index in [1.54, 1.807) is 11.8 Å². The summed E-state index contributed by atoms with van der Waals surface area (Å²) in [6.45, 7) is 4.46. The fraction of sp³-hybridized carbons (Fsp3) is 0.333. The number of hydrogen-bond acceptors (Lipinski definition) is 5. The maximum absolute atomic E-state index is 11.9. The Kier molecular flexibility index (Phi) is 6.53. The third-order valence-corrected chi connectivity index (χ3v) is 5.39. The zero-order valence-corrected chi connectivity index (χ0v) is 16.3. The predicted molar refractivity (Wildman–Crippen MR) is 105 cm³/mol. The first-order valence-corrected chi connectivity index (χ1v) is 9.76. The van der Waals surface area contributed by atoms with Crippen LogP contribution in [0.15, 0.2) is 52.3 Å². The van der Waals surface area contributed by atoms with Crippen LogP contribution in [-0.2, 0) is 19.1 Å². The Bertz CT molecular complexity index is 813. The molecule has 0 saturated carbocycles. The van der Waals surface area contributed by atoms with Gasteiger partial charge in [-0.05, 0) is 74.2 Å². The summed E-state index contributed by atoms with van der Waals surface area (Å²) in [4.78, 5) is 25.9. The number of rotatable bonds is 6. The number of anilines is 1. The number of ether oxygens (including phenoxy) is 2. The van der Waals surface area contributed by atoms with E-state index in [2.05, 4.69) is 37.4 Å². The molecule has 3 rings (SSSR count). The molecule has 0 aliphatic carbocycles. The number of carbonyl (C=O) groups is 2. The topological polar surface area (TPSA) is 64.6 Å². The zero-order chi connectivity index (χ0) is 19.2. The van der Waals surface area contributed by atoms with Crippen LogP contribution in [0.1, 0.15) is 24.0 Å². The molecule has 1 heterocycles. The Morgan fingerprint density at radius 2 is 1.85 bits per heavy atom. The molecule has 1 saturated heterocycles. The van der Waals surface area contributed by atoms with Crippen LogP contribution < -0.4 is 5.32 Å². The number of amides is 1. The molecule has 27 heavy (non-hydrogen) atoms. The second-order valence-corrected chi connectivity index (χ2v) is 7.68. The molecule has 1 fully saturated rings. The van der Waals surface area contributed by atoms with Gasteiger partial charge in [-0.3, -0.25) is 4.79 Å². The summed E-state index contributed by atoms with van der Waals surface area (Å²) in [5, 5.41) is 2.73. The van der Waals surface area contributed by atoms with E-state index in [-0.39, 0.29) is 12.5 Å². The van der Waals surface area contributed by atoms with Gasteiger partial charge in [0, 0.05) is 22.1 Å². The molecule has 0 aromatic heterocycles. The molecule has 0 spiro atoms. The molecule has 1 N–H and O–H groups in total. The highest BCUT2D eigenvalue weighted by molar-refractivity contribution is 7.99. The van der Waals surface area contributed by atoms with E-state index in [0.29, 0.717) is 18.7 Å². The van der Waals surface area contributed by atoms with Crippen molar-refractivity contribution in [1.82, 2.24) is 0 Å². The number of benzene rings is 2. The molecule has 142 valence electrons. The first-order chi connectivity index (χ1) is 13.0. The number of carbonyl (C=O) groups excluding carboxylic acids is 2. The summed E-state index contributed by atoms with van der Waals surface area (Å²) in [5.41, 5.74) is 3.21. The van der Waals surface area contributed by atoms with E-state index in [1.807, 2.05) is 24.3 Å². The van der Waals surface area contributed by atoms with Crippen molar-refractivity contribution in [2.24, 2.45) is 0 Å². The Hall–Kier alpha value is -2.31. The lowest BCUT2D eigenvalue weighted by molar-refractivity contribution is -0.156. The van der Waals surface area contributed by atoms with Gasteiger partial charge in [0.2, 0.25) is 0 Å². The van der Waals surface area contributed by atoms with E-state index in [0.717, 1.165) is 11.3 Å². The molecule has 2 aromatic carbocycles. The molecule has 0 bridgehead atoms. The van der Waals surface area contributed by atoms with Crippen molar-refractivity contribution in [3.63, 3.8) is 0 Å². The molecule has 6 heteroatoms. The van der Waals surface area contributed by atoms with Gasteiger partial charge in [-0.2, -0.15) is 0 Å². The maximum atomic E-state index is 11.9. The van der Waals surface area contributed by atoms with Crippen molar-refractivity contribution in [3.05, 3.63) is 53.6 Å². The van der Waals surface area contributed by atoms with Crippen LogP contribution in [0.3, 0.4) is 0 Å². The molecule has 2 aromatic rings. The number of hydrogen-bond donors (Lipinski definition) is 1. The van der Waals surface area contributed by atoms with Crippen molar-refractivity contribution in [2.45, 2.75) is 42.6 Å². The first kappa shape index (κ1) is 19.5. The first-order valence-electron chi connectivity index (χ1n) is 8.94. The SMILES string of the molecule is Cc1ccc(Sc2ccc(NC(=O)COC(=O)[C@@H]3CCCO3)cc2)cc1C. The Labute approximate surface area is 163 Å². The molecule has 1 aliphatic rings. The van der Waals surface area contributed by atoms with Crippen LogP contribution in [0.5, 0.6) is 0 Å². The van der Waals surface area contributed by atoms with Crippen molar-refractivity contribution in [3.8, 4) is 0 Å². The molecular weight excluding hydrogens is 362 g/mol. The predicted octanol–water partition coefficient (Wildman–Crippen LogP) is 4.12. The van der Waals surface area contributed by atoms with Crippen molar-refractivity contribution >= 4 is 29.3 Å². The van der Waals surface area contributed by atoms with Crippen molar-refractivity contribution in [2.75, 3.05) is 18.5 Å². The Morgan fingerprint density at radius 1 is 1.11 bits per heavy atom. The molecule has 0 unspecified atom stereocenters. The van der Waals surface area contributed by atoms with Crippen LogP contribution in [0, 0.1) is 13.8 Å². The van der Waals surface area contributed by atoms with E-state index in [4.69, 9.17) is 9.47 Å². The van der Waals surface area contributed by atoms with Gasteiger partial charge in [-0.25, -0.2) is 4.79 Å². The van der Waals surface area contributed by atoms with Gasteiger partial charge >= 0.3 is 5.97 Å². The monoisotopic (exact) mass is 385 g/mol. The number of nitrogens with one attached hydrogen (secondary N) is 1. The van der Waals surface area contributed by atoms with Crippen LogP contribution in [0.4, 0.5) is 5.69 Å². The largest absolute Gasteiger partial charge is 0.454 e. The van der Waals surface area contributed by atoms with Gasteiger partial charge in [0.15, 0.2) is 12.7 Å². The third-order valence-electron chi connectivity index (χ3n) is 4.39. The van der Waals surface area contributed by atoms with Crippen LogP contribution >= 0.6 is 11.8 Å². The number of aryl methyl sites for hydroxylation is 2. The lowest BCUT2D eigenvalue weighted by Crippen LogP contribution is -2.27. The van der Waals surface area contributed by atoms with Gasteiger partial charge in [0.05, 0.1) is 0 Å². The van der Waals surface area contributed by atoms with Gasteiger partial charge in [0.1, 0.15) is 0 Å². The van der Waals surface area contributed by atoms with Gasteiger partial charge < -0.3 is 14.8 Å². The van der Waals surface area contributed by atoms with Crippen molar-refractivity contribution < 1.29 is 19.1 Å². The molecule has 5 nitrogen and oxygen atoms in total. The quantitative estimate of drug-likeness (QED) is 0.758. The summed E-state index contributed by atoms with van der Waals surface area (Å²) >= 11 is 1.67. The van der Waals surface area contributed by atoms with E-state index in [9.17, 15) is 9.59 Å². The van der Waals surface area contributed by atoms with Gasteiger partial charge in [-0.15, -0.1) is 0 Å². The summed E-state index contributed by atoms with van der Waals surface area (Å²) in [6, 6.07) is 14.0. The van der Waals surface area contributed by atoms with E-state index >= 15 is 0 Å². The zero-order valence-electron chi connectivity index (χ0n) is 15.5. The van der Waals surface area contributed by atoms with Gasteiger partial charge in [0.25, 0.3) is 5.91 Å². The smallest absolute Gasteiger partial charge is 0.335 e. The molecule has 1 atom stereocenters. The third kappa shape index (κ3) is 5.58. The highest BCUT2D eigenvalue weighted by atomic mass is 32.2. The minimum absolute atomic E-state index is 0.308.